The van der Waals surface area contributed by atoms with Gasteiger partial charge < -0.3 is 15.9 Å². The van der Waals surface area contributed by atoms with Crippen LogP contribution in [0.4, 0.5) is 28.4 Å². The molecule has 15 heteroatoms. The van der Waals surface area contributed by atoms with Crippen LogP contribution < -0.4 is 5.73 Å². The number of azo groups is 2. The predicted octanol–water partition coefficient (Wildman–Crippen LogP) is 6.82. The Balaban J connectivity index is 1.42. The smallest absolute Gasteiger partial charge is 0.296 e. The summed E-state index contributed by atoms with van der Waals surface area (Å²) >= 11 is 0. The Morgan fingerprint density at radius 1 is 0.581 bits per heavy atom. The molecule has 0 radical (unpaired) electrons. The average Bonchev–Trinajstić information content (AvgIpc) is 2.95. The van der Waals surface area contributed by atoms with E-state index in [1.54, 1.807) is 48.5 Å². The lowest BCUT2D eigenvalue weighted by Crippen LogP contribution is -2.03. The monoisotopic (exact) mass is 619 g/mol. The Bertz CT molecular complexity index is 2130. The van der Waals surface area contributed by atoms with Gasteiger partial charge in [0.2, 0.25) is 0 Å². The van der Waals surface area contributed by atoms with Crippen LogP contribution in [0.3, 0.4) is 0 Å². The molecule has 218 valence electrons. The fraction of sp³-hybridized carbons (Fsp3) is 0. The number of rotatable bonds is 7. The summed E-state index contributed by atoms with van der Waals surface area (Å²) in [7, 11) is -9.68. The maximum atomic E-state index is 12.1. The van der Waals surface area contributed by atoms with Gasteiger partial charge in [0.1, 0.15) is 22.1 Å². The second-order valence-electron chi connectivity index (χ2n) is 9.14. The van der Waals surface area contributed by atoms with Crippen LogP contribution >= 0.6 is 0 Å². The lowest BCUT2D eigenvalue weighted by molar-refractivity contribution is 0.471. The van der Waals surface area contributed by atoms with E-state index >= 15 is 0 Å². The maximum Gasteiger partial charge on any atom is 0.296 e. The van der Waals surface area contributed by atoms with Crippen molar-refractivity contribution in [3.05, 3.63) is 91.0 Å². The first kappa shape index (κ1) is 29.3. The van der Waals surface area contributed by atoms with Crippen LogP contribution in [0.25, 0.3) is 21.9 Å². The van der Waals surface area contributed by atoms with Crippen LogP contribution in [0.1, 0.15) is 0 Å². The summed E-state index contributed by atoms with van der Waals surface area (Å²) in [6.45, 7) is 0. The number of phenols is 2. The van der Waals surface area contributed by atoms with Gasteiger partial charge in [-0.3, -0.25) is 9.11 Å². The highest BCUT2D eigenvalue weighted by Crippen LogP contribution is 2.43. The van der Waals surface area contributed by atoms with Gasteiger partial charge in [0, 0.05) is 11.5 Å². The van der Waals surface area contributed by atoms with Crippen LogP contribution in [0.5, 0.6) is 11.5 Å². The molecule has 0 unspecified atom stereocenters. The van der Waals surface area contributed by atoms with Crippen LogP contribution in [-0.4, -0.2) is 36.2 Å². The number of hydrogen-bond donors (Lipinski definition) is 5. The van der Waals surface area contributed by atoms with Crippen molar-refractivity contribution < 1.29 is 36.2 Å². The molecule has 0 aliphatic carbocycles. The highest BCUT2D eigenvalue weighted by Gasteiger charge is 2.24. The molecule has 5 aromatic carbocycles. The zero-order valence-corrected chi connectivity index (χ0v) is 23.4. The van der Waals surface area contributed by atoms with Crippen molar-refractivity contribution in [2.45, 2.75) is 9.79 Å². The lowest BCUT2D eigenvalue weighted by atomic mass is 10.1. The first-order valence-corrected chi connectivity index (χ1v) is 15.0. The van der Waals surface area contributed by atoms with Gasteiger partial charge >= 0.3 is 0 Å². The van der Waals surface area contributed by atoms with E-state index in [0.717, 1.165) is 29.3 Å². The molecular formula is C28H21N5O8S2. The van der Waals surface area contributed by atoms with Gasteiger partial charge in [0.15, 0.2) is 0 Å². The topological polar surface area (TPSA) is 225 Å². The van der Waals surface area contributed by atoms with Gasteiger partial charge in [0.25, 0.3) is 20.2 Å². The number of benzene rings is 5. The fourth-order valence-electron chi connectivity index (χ4n) is 4.12. The van der Waals surface area contributed by atoms with Crippen molar-refractivity contribution in [3.8, 4) is 22.6 Å². The number of anilines is 1. The van der Waals surface area contributed by atoms with Crippen LogP contribution in [0.15, 0.2) is 121 Å². The van der Waals surface area contributed by atoms with Gasteiger partial charge in [-0.2, -0.15) is 32.2 Å². The third kappa shape index (κ3) is 6.49. The largest absolute Gasteiger partial charge is 0.508 e. The van der Waals surface area contributed by atoms with Gasteiger partial charge in [0.05, 0.1) is 27.6 Å². The molecule has 0 saturated heterocycles. The minimum Gasteiger partial charge on any atom is -0.508 e. The Morgan fingerprint density at radius 2 is 1.05 bits per heavy atom. The van der Waals surface area contributed by atoms with Crippen LogP contribution in [0, 0.1) is 0 Å². The first-order chi connectivity index (χ1) is 20.3. The minimum atomic E-state index is -4.93. The molecule has 0 saturated carbocycles. The van der Waals surface area contributed by atoms with Gasteiger partial charge in [-0.1, -0.05) is 24.3 Å². The Hall–Kier alpha value is -5.22. The molecule has 0 fully saturated rings. The Morgan fingerprint density at radius 3 is 1.51 bits per heavy atom. The van der Waals surface area contributed by atoms with Crippen molar-refractivity contribution in [1.29, 1.82) is 0 Å². The molecule has 6 N–H and O–H groups in total. The quantitative estimate of drug-likeness (QED) is 0.0730. The lowest BCUT2D eigenvalue weighted by Gasteiger charge is -2.12. The Kier molecular flexibility index (Phi) is 7.64. The molecule has 0 atom stereocenters. The molecule has 0 aromatic heterocycles. The normalized spacial score (nSPS) is 12.4. The van der Waals surface area contributed by atoms with Crippen molar-refractivity contribution in [3.63, 3.8) is 0 Å². The molecule has 0 heterocycles. The molecule has 0 amide bonds. The van der Waals surface area contributed by atoms with Crippen molar-refractivity contribution >= 4 is 59.4 Å². The zero-order chi connectivity index (χ0) is 30.9. The molecule has 5 rings (SSSR count). The number of phenolic OH excluding ortho intramolecular Hbond substituents is 2. The number of fused-ring (bicyclic) bond motifs is 1. The van der Waals surface area contributed by atoms with Gasteiger partial charge in [-0.25, -0.2) is 0 Å². The molecule has 5 aromatic rings. The van der Waals surface area contributed by atoms with E-state index in [4.69, 9.17) is 5.73 Å². The van der Waals surface area contributed by atoms with E-state index in [9.17, 15) is 36.2 Å². The average molecular weight is 620 g/mol. The minimum absolute atomic E-state index is 0.135. The van der Waals surface area contributed by atoms with Crippen molar-refractivity contribution in [2.75, 3.05) is 5.73 Å². The van der Waals surface area contributed by atoms with E-state index in [-0.39, 0.29) is 16.5 Å². The summed E-state index contributed by atoms with van der Waals surface area (Å²) in [6, 6.07) is 22.7. The molecule has 0 aliphatic rings. The highest BCUT2D eigenvalue weighted by molar-refractivity contribution is 7.86. The third-order valence-corrected chi connectivity index (χ3v) is 7.90. The third-order valence-electron chi connectivity index (χ3n) is 6.21. The number of nitrogens with zero attached hydrogens (tertiary/aromatic N) is 4. The van der Waals surface area contributed by atoms with E-state index < -0.39 is 47.2 Å². The molecule has 0 spiro atoms. The van der Waals surface area contributed by atoms with Gasteiger partial charge in [-0.05, 0) is 77.2 Å². The fourth-order valence-corrected chi connectivity index (χ4v) is 5.33. The number of aromatic hydroxyl groups is 2. The predicted molar refractivity (Wildman–Crippen MR) is 158 cm³/mol. The van der Waals surface area contributed by atoms with E-state index in [1.807, 2.05) is 12.1 Å². The van der Waals surface area contributed by atoms with E-state index in [2.05, 4.69) is 20.5 Å². The second-order valence-corrected chi connectivity index (χ2v) is 11.9. The summed E-state index contributed by atoms with van der Waals surface area (Å²) in [5, 5.41) is 35.6. The van der Waals surface area contributed by atoms with Crippen molar-refractivity contribution in [2.24, 2.45) is 20.5 Å². The number of nitrogen functional groups attached to an aromatic ring is 1. The first-order valence-electron chi connectivity index (χ1n) is 12.2. The summed E-state index contributed by atoms with van der Waals surface area (Å²) in [5.74, 6) is -0.533. The second kappa shape index (κ2) is 11.2. The summed E-state index contributed by atoms with van der Waals surface area (Å²) in [4.78, 5) is -1.49. The highest BCUT2D eigenvalue weighted by atomic mass is 32.2. The Labute approximate surface area is 244 Å². The SMILES string of the molecule is Nc1c(N=Nc2ccc(-c3ccc(N=Nc4ccc(O)cc4)cc3)cc2)c(S(=O)(=O)O)cc2cc(S(=O)(=O)O)cc(O)c12. The van der Waals surface area contributed by atoms with Crippen molar-refractivity contribution in [1.82, 2.24) is 0 Å². The molecule has 43 heavy (non-hydrogen) atoms. The summed E-state index contributed by atoms with van der Waals surface area (Å²) in [5.41, 5.74) is 8.40. The standard InChI is InChI=1S/C28H21N5O8S2/c29-27-26-18(13-23(15-24(26)35)42(36,37)38)14-25(43(39,40)41)28(27)33-32-20-7-3-17(4-8-20)16-1-5-19(6-2-16)30-31-21-9-11-22(34)12-10-21/h1-15,34-35H,29H2,(H,36,37,38)(H,39,40,41). The van der Waals surface area contributed by atoms with E-state index in [1.165, 1.54) is 12.1 Å². The number of hydrogen-bond acceptors (Lipinski definition) is 11. The van der Waals surface area contributed by atoms with Gasteiger partial charge in [-0.15, -0.1) is 5.11 Å². The molecule has 0 bridgehead atoms. The molecule has 13 nitrogen and oxygen atoms in total. The summed E-state index contributed by atoms with van der Waals surface area (Å²) in [6.07, 6.45) is 0. The van der Waals surface area contributed by atoms with E-state index in [0.29, 0.717) is 17.1 Å². The van der Waals surface area contributed by atoms with Crippen LogP contribution in [-0.2, 0) is 20.2 Å². The number of nitrogens with two attached hydrogens (primary N) is 1. The van der Waals surface area contributed by atoms with Crippen LogP contribution in [0.2, 0.25) is 0 Å². The summed E-state index contributed by atoms with van der Waals surface area (Å²) < 4.78 is 66.4. The molecule has 0 aliphatic heterocycles. The molecular weight excluding hydrogens is 598 g/mol. The zero-order valence-electron chi connectivity index (χ0n) is 21.8. The maximum absolute atomic E-state index is 12.1.